The number of hydrogen-bond acceptors (Lipinski definition) is 5. The Kier molecular flexibility index (Phi) is 4.28. The van der Waals surface area contributed by atoms with Gasteiger partial charge in [-0.1, -0.05) is 11.3 Å². The first kappa shape index (κ1) is 16.4. The van der Waals surface area contributed by atoms with Crippen molar-refractivity contribution in [3.05, 3.63) is 35.7 Å². The number of rotatable bonds is 4. The predicted octanol–water partition coefficient (Wildman–Crippen LogP) is 2.21. The summed E-state index contributed by atoms with van der Waals surface area (Å²) in [6, 6.07) is 5.93. The second kappa shape index (κ2) is 6.24. The molecule has 1 aliphatic rings. The SMILES string of the molecule is CC(NCc1cn(C(C)(C)C)nn1)c1ccc2c(c1)NC(=O)CO2. The number of nitrogens with zero attached hydrogens (tertiary/aromatic N) is 3. The molecule has 0 aliphatic carbocycles. The van der Waals surface area contributed by atoms with Crippen LogP contribution in [0.4, 0.5) is 5.69 Å². The predicted molar refractivity (Wildman–Crippen MR) is 90.8 cm³/mol. The van der Waals surface area contributed by atoms with E-state index in [2.05, 4.69) is 48.6 Å². The quantitative estimate of drug-likeness (QED) is 0.899. The smallest absolute Gasteiger partial charge is 0.262 e. The molecular formula is C17H23N5O2. The Morgan fingerprint density at radius 3 is 2.92 bits per heavy atom. The van der Waals surface area contributed by atoms with E-state index in [0.29, 0.717) is 12.3 Å². The molecule has 128 valence electrons. The average Bonchev–Trinajstić information content (AvgIpc) is 3.01. The highest BCUT2D eigenvalue weighted by Crippen LogP contribution is 2.30. The van der Waals surface area contributed by atoms with Gasteiger partial charge < -0.3 is 15.4 Å². The van der Waals surface area contributed by atoms with Gasteiger partial charge >= 0.3 is 0 Å². The lowest BCUT2D eigenvalue weighted by molar-refractivity contribution is -0.118. The number of anilines is 1. The maximum atomic E-state index is 11.4. The fourth-order valence-electron chi connectivity index (χ4n) is 2.45. The Hall–Kier alpha value is -2.41. The van der Waals surface area contributed by atoms with Gasteiger partial charge in [0.2, 0.25) is 0 Å². The molecule has 2 aromatic rings. The standard InChI is InChI=1S/C17H23N5O2/c1-11(18-8-13-9-22(21-20-13)17(2,3)4)12-5-6-15-14(7-12)19-16(23)10-24-15/h5-7,9,11,18H,8,10H2,1-4H3,(H,19,23). The lowest BCUT2D eigenvalue weighted by Gasteiger charge is -2.20. The highest BCUT2D eigenvalue weighted by atomic mass is 16.5. The minimum absolute atomic E-state index is 0.0730. The van der Waals surface area contributed by atoms with Gasteiger partial charge in [0, 0.05) is 12.6 Å². The minimum Gasteiger partial charge on any atom is -0.482 e. The maximum Gasteiger partial charge on any atom is 0.262 e. The lowest BCUT2D eigenvalue weighted by atomic mass is 10.1. The molecule has 24 heavy (non-hydrogen) atoms. The van der Waals surface area contributed by atoms with Crippen molar-refractivity contribution in [2.45, 2.75) is 45.8 Å². The number of carbonyl (C=O) groups excluding carboxylic acids is 1. The first-order chi connectivity index (χ1) is 11.3. The normalized spacial score (nSPS) is 15.4. The summed E-state index contributed by atoms with van der Waals surface area (Å²) in [5.41, 5.74) is 2.61. The van der Waals surface area contributed by atoms with Gasteiger partial charge in [-0.3, -0.25) is 4.79 Å². The van der Waals surface area contributed by atoms with Crippen LogP contribution in [0.1, 0.15) is 45.0 Å². The number of benzene rings is 1. The van der Waals surface area contributed by atoms with Crippen LogP contribution in [0.5, 0.6) is 5.75 Å². The fraction of sp³-hybridized carbons (Fsp3) is 0.471. The van der Waals surface area contributed by atoms with Crippen LogP contribution in [0.3, 0.4) is 0 Å². The Balaban J connectivity index is 1.65. The molecule has 0 fully saturated rings. The van der Waals surface area contributed by atoms with Gasteiger partial charge in [0.1, 0.15) is 5.75 Å². The second-order valence-corrected chi connectivity index (χ2v) is 7.02. The van der Waals surface area contributed by atoms with Crippen LogP contribution in [-0.2, 0) is 16.9 Å². The van der Waals surface area contributed by atoms with Crippen LogP contribution in [0.25, 0.3) is 0 Å². The average molecular weight is 329 g/mol. The third kappa shape index (κ3) is 3.56. The summed E-state index contributed by atoms with van der Waals surface area (Å²) in [5, 5.41) is 14.6. The first-order valence-corrected chi connectivity index (χ1v) is 8.04. The highest BCUT2D eigenvalue weighted by Gasteiger charge is 2.18. The van der Waals surface area contributed by atoms with E-state index in [4.69, 9.17) is 4.74 Å². The van der Waals surface area contributed by atoms with E-state index >= 15 is 0 Å². The van der Waals surface area contributed by atoms with Crippen molar-refractivity contribution in [3.8, 4) is 5.75 Å². The molecular weight excluding hydrogens is 306 g/mol. The number of fused-ring (bicyclic) bond motifs is 1. The van der Waals surface area contributed by atoms with E-state index in [0.717, 1.165) is 16.9 Å². The van der Waals surface area contributed by atoms with Gasteiger partial charge in [-0.25, -0.2) is 4.68 Å². The van der Waals surface area contributed by atoms with Crippen molar-refractivity contribution >= 4 is 11.6 Å². The van der Waals surface area contributed by atoms with Gasteiger partial charge in [-0.15, -0.1) is 5.10 Å². The van der Waals surface area contributed by atoms with Crippen molar-refractivity contribution in [3.63, 3.8) is 0 Å². The van der Waals surface area contributed by atoms with Crippen molar-refractivity contribution < 1.29 is 9.53 Å². The molecule has 0 saturated carbocycles. The molecule has 1 unspecified atom stereocenters. The van der Waals surface area contributed by atoms with E-state index in [9.17, 15) is 4.79 Å². The molecule has 1 aromatic carbocycles. The molecule has 7 nitrogen and oxygen atoms in total. The summed E-state index contributed by atoms with van der Waals surface area (Å²) in [6.45, 7) is 9.03. The van der Waals surface area contributed by atoms with Crippen molar-refractivity contribution in [1.29, 1.82) is 0 Å². The van der Waals surface area contributed by atoms with Crippen LogP contribution in [0.2, 0.25) is 0 Å². The molecule has 1 aliphatic heterocycles. The molecule has 0 spiro atoms. The van der Waals surface area contributed by atoms with Crippen LogP contribution in [-0.4, -0.2) is 27.5 Å². The Labute approximate surface area is 141 Å². The van der Waals surface area contributed by atoms with E-state index < -0.39 is 0 Å². The topological polar surface area (TPSA) is 81.1 Å². The summed E-state index contributed by atoms with van der Waals surface area (Å²) in [6.07, 6.45) is 1.96. The molecule has 0 saturated heterocycles. The summed E-state index contributed by atoms with van der Waals surface area (Å²) < 4.78 is 7.24. The molecule has 2 heterocycles. The number of carbonyl (C=O) groups is 1. The van der Waals surface area contributed by atoms with E-state index in [-0.39, 0.29) is 24.1 Å². The number of ether oxygens (including phenoxy) is 1. The van der Waals surface area contributed by atoms with E-state index in [1.165, 1.54) is 0 Å². The second-order valence-electron chi connectivity index (χ2n) is 7.02. The maximum absolute atomic E-state index is 11.4. The minimum atomic E-state index is -0.126. The molecule has 1 aromatic heterocycles. The summed E-state index contributed by atoms with van der Waals surface area (Å²) in [5.74, 6) is 0.581. The third-order valence-corrected chi connectivity index (χ3v) is 3.95. The number of aromatic nitrogens is 3. The summed E-state index contributed by atoms with van der Waals surface area (Å²) in [4.78, 5) is 11.4. The molecule has 7 heteroatoms. The number of nitrogens with one attached hydrogen (secondary N) is 2. The molecule has 0 bridgehead atoms. The van der Waals surface area contributed by atoms with Crippen molar-refractivity contribution in [2.75, 3.05) is 11.9 Å². The van der Waals surface area contributed by atoms with Gasteiger partial charge in [-0.2, -0.15) is 0 Å². The van der Waals surface area contributed by atoms with Gasteiger partial charge in [0.05, 0.1) is 23.1 Å². The highest BCUT2D eigenvalue weighted by molar-refractivity contribution is 5.95. The molecule has 3 rings (SSSR count). The zero-order valence-electron chi connectivity index (χ0n) is 14.5. The van der Waals surface area contributed by atoms with Crippen molar-refractivity contribution in [2.24, 2.45) is 0 Å². The van der Waals surface area contributed by atoms with Crippen LogP contribution in [0.15, 0.2) is 24.4 Å². The summed E-state index contributed by atoms with van der Waals surface area (Å²) in [7, 11) is 0. The lowest BCUT2D eigenvalue weighted by Crippen LogP contribution is -2.26. The third-order valence-electron chi connectivity index (χ3n) is 3.95. The number of amides is 1. The van der Waals surface area contributed by atoms with Gasteiger partial charge in [0.25, 0.3) is 5.91 Å². The molecule has 2 N–H and O–H groups in total. The van der Waals surface area contributed by atoms with E-state index in [1.807, 2.05) is 29.1 Å². The zero-order valence-corrected chi connectivity index (χ0v) is 14.5. The Morgan fingerprint density at radius 1 is 1.42 bits per heavy atom. The van der Waals surface area contributed by atoms with Crippen LogP contribution < -0.4 is 15.4 Å². The van der Waals surface area contributed by atoms with Gasteiger partial charge in [-0.05, 0) is 45.4 Å². The molecule has 0 radical (unpaired) electrons. The van der Waals surface area contributed by atoms with Crippen molar-refractivity contribution in [1.82, 2.24) is 20.3 Å². The molecule has 1 amide bonds. The Bertz CT molecular complexity index is 748. The Morgan fingerprint density at radius 2 is 2.21 bits per heavy atom. The van der Waals surface area contributed by atoms with Gasteiger partial charge in [0.15, 0.2) is 6.61 Å². The monoisotopic (exact) mass is 329 g/mol. The first-order valence-electron chi connectivity index (χ1n) is 8.04. The zero-order chi connectivity index (χ0) is 17.3. The fourth-order valence-corrected chi connectivity index (χ4v) is 2.45. The molecule has 1 atom stereocenters. The van der Waals surface area contributed by atoms with Crippen LogP contribution >= 0.6 is 0 Å². The largest absolute Gasteiger partial charge is 0.482 e. The van der Waals surface area contributed by atoms with Crippen LogP contribution in [0, 0.1) is 0 Å². The summed E-state index contributed by atoms with van der Waals surface area (Å²) >= 11 is 0. The van der Waals surface area contributed by atoms with E-state index in [1.54, 1.807) is 0 Å². The number of hydrogen-bond donors (Lipinski definition) is 2.